The van der Waals surface area contributed by atoms with Crippen molar-refractivity contribution < 1.29 is 0 Å². The minimum Gasteiger partial charge on any atom is -0.331 e. The van der Waals surface area contributed by atoms with Crippen LogP contribution in [0.2, 0.25) is 0 Å². The number of imidazole rings is 1. The molecule has 0 amide bonds. The minimum absolute atomic E-state index is 0.682. The van der Waals surface area contributed by atoms with Crippen LogP contribution in [0.5, 0.6) is 0 Å². The number of fused-ring (bicyclic) bond motifs is 2. The van der Waals surface area contributed by atoms with Gasteiger partial charge in [0.05, 0.1) is 22.7 Å². The van der Waals surface area contributed by atoms with Gasteiger partial charge in [-0.05, 0) is 42.9 Å². The van der Waals surface area contributed by atoms with Crippen LogP contribution in [0.4, 0.5) is 0 Å². The maximum atomic E-state index is 8.94. The monoisotopic (exact) mass is 237 g/mol. The molecule has 0 saturated heterocycles. The highest BCUT2D eigenvalue weighted by Gasteiger charge is 2.55. The number of hydrogen-bond donors (Lipinski definition) is 0. The molecule has 4 rings (SSSR count). The summed E-state index contributed by atoms with van der Waals surface area (Å²) in [6.07, 6.45) is 4.15. The largest absolute Gasteiger partial charge is 0.331 e. The van der Waals surface area contributed by atoms with Gasteiger partial charge in [0.15, 0.2) is 0 Å². The average Bonchev–Trinajstić information content (AvgIpc) is 2.76. The highest BCUT2D eigenvalue weighted by Crippen LogP contribution is 2.62. The molecule has 90 valence electrons. The van der Waals surface area contributed by atoms with Crippen molar-refractivity contribution in [2.24, 2.45) is 18.9 Å². The summed E-state index contributed by atoms with van der Waals surface area (Å²) in [4.78, 5) is 4.78. The van der Waals surface area contributed by atoms with Crippen LogP contribution >= 0.6 is 0 Å². The first-order chi connectivity index (χ1) is 8.79. The Balaban J connectivity index is 1.83. The van der Waals surface area contributed by atoms with Gasteiger partial charge in [0.2, 0.25) is 0 Å². The lowest BCUT2D eigenvalue weighted by Gasteiger charge is -2.03. The predicted octanol–water partition coefficient (Wildman–Crippen LogP) is 2.96. The first-order valence-electron chi connectivity index (χ1n) is 6.66. The Hall–Kier alpha value is -1.82. The zero-order valence-electron chi connectivity index (χ0n) is 10.4. The summed E-state index contributed by atoms with van der Waals surface area (Å²) in [5.41, 5.74) is 2.81. The highest BCUT2D eigenvalue weighted by molar-refractivity contribution is 5.78. The van der Waals surface area contributed by atoms with E-state index in [1.165, 1.54) is 25.1 Å². The molecule has 0 radical (unpaired) electrons. The van der Waals surface area contributed by atoms with Gasteiger partial charge in [0.1, 0.15) is 5.82 Å². The number of nitrogens with zero attached hydrogens (tertiary/aromatic N) is 3. The smallest absolute Gasteiger partial charge is 0.113 e. The van der Waals surface area contributed by atoms with Gasteiger partial charge in [0, 0.05) is 13.0 Å². The summed E-state index contributed by atoms with van der Waals surface area (Å²) < 4.78 is 2.22. The Morgan fingerprint density at radius 1 is 1.33 bits per heavy atom. The molecule has 2 fully saturated rings. The Labute approximate surface area is 106 Å². The van der Waals surface area contributed by atoms with Crippen LogP contribution < -0.4 is 0 Å². The van der Waals surface area contributed by atoms with Crippen LogP contribution in [0.25, 0.3) is 11.0 Å². The molecular formula is C15H15N3. The highest BCUT2D eigenvalue weighted by atomic mass is 15.1. The zero-order chi connectivity index (χ0) is 12.3. The number of rotatable bonds is 1. The number of aryl methyl sites for hydroxylation is 1. The van der Waals surface area contributed by atoms with Gasteiger partial charge in [-0.15, -0.1) is 0 Å². The molecule has 2 saturated carbocycles. The van der Waals surface area contributed by atoms with E-state index in [0.29, 0.717) is 11.5 Å². The van der Waals surface area contributed by atoms with Crippen molar-refractivity contribution >= 4 is 11.0 Å². The third-order valence-corrected chi connectivity index (χ3v) is 4.75. The van der Waals surface area contributed by atoms with E-state index in [0.717, 1.165) is 22.9 Å². The Kier molecular flexibility index (Phi) is 1.89. The topological polar surface area (TPSA) is 41.6 Å². The quantitative estimate of drug-likeness (QED) is 0.765. The van der Waals surface area contributed by atoms with Crippen LogP contribution in [-0.2, 0) is 7.05 Å². The molecule has 18 heavy (non-hydrogen) atoms. The second-order valence-corrected chi connectivity index (χ2v) is 5.63. The number of hydrogen-bond acceptors (Lipinski definition) is 2. The molecule has 0 bridgehead atoms. The first-order valence-corrected chi connectivity index (χ1v) is 6.66. The molecule has 2 aliphatic carbocycles. The summed E-state index contributed by atoms with van der Waals surface area (Å²) in [6.45, 7) is 0. The normalized spacial score (nSPS) is 29.2. The Morgan fingerprint density at radius 2 is 2.11 bits per heavy atom. The Bertz CT molecular complexity index is 667. The molecule has 1 aromatic heterocycles. The van der Waals surface area contributed by atoms with E-state index < -0.39 is 0 Å². The van der Waals surface area contributed by atoms with Crippen LogP contribution in [0.15, 0.2) is 18.2 Å². The lowest BCUT2D eigenvalue weighted by Crippen LogP contribution is -1.98. The summed E-state index contributed by atoms with van der Waals surface area (Å²) >= 11 is 0. The van der Waals surface area contributed by atoms with Gasteiger partial charge in [-0.3, -0.25) is 0 Å². The van der Waals surface area contributed by atoms with Crippen molar-refractivity contribution in [2.45, 2.75) is 25.2 Å². The van der Waals surface area contributed by atoms with Crippen molar-refractivity contribution in [3.63, 3.8) is 0 Å². The van der Waals surface area contributed by atoms with Crippen LogP contribution in [-0.4, -0.2) is 9.55 Å². The lowest BCUT2D eigenvalue weighted by molar-refractivity contribution is 0.642. The maximum Gasteiger partial charge on any atom is 0.113 e. The van der Waals surface area contributed by atoms with Crippen LogP contribution in [0.3, 0.4) is 0 Å². The van der Waals surface area contributed by atoms with Gasteiger partial charge in [-0.2, -0.15) is 5.26 Å². The van der Waals surface area contributed by atoms with E-state index in [-0.39, 0.29) is 0 Å². The molecule has 0 spiro atoms. The second-order valence-electron chi connectivity index (χ2n) is 5.63. The van der Waals surface area contributed by atoms with Gasteiger partial charge in [0.25, 0.3) is 0 Å². The fourth-order valence-corrected chi connectivity index (χ4v) is 3.79. The standard InChI is InChI=1S/C15H15N3/c1-18-13-6-5-9(8-16)7-12(13)17-15(18)14-10-3-2-4-11(10)14/h5-7,10-11,14H,2-4H2,1H3. The molecule has 0 aliphatic heterocycles. The molecule has 2 unspecified atom stereocenters. The first kappa shape index (κ1) is 10.1. The number of benzene rings is 1. The number of nitriles is 1. The lowest BCUT2D eigenvalue weighted by atomic mass is 10.1. The zero-order valence-corrected chi connectivity index (χ0v) is 10.4. The van der Waals surface area contributed by atoms with E-state index in [1.54, 1.807) is 0 Å². The molecule has 1 aromatic carbocycles. The van der Waals surface area contributed by atoms with E-state index >= 15 is 0 Å². The molecule has 3 nitrogen and oxygen atoms in total. The van der Waals surface area contributed by atoms with Crippen molar-refractivity contribution in [1.29, 1.82) is 5.26 Å². The number of aromatic nitrogens is 2. The van der Waals surface area contributed by atoms with Crippen molar-refractivity contribution in [2.75, 3.05) is 0 Å². The van der Waals surface area contributed by atoms with E-state index in [1.807, 2.05) is 18.2 Å². The molecule has 2 aromatic rings. The van der Waals surface area contributed by atoms with Gasteiger partial charge in [-0.25, -0.2) is 4.98 Å². The van der Waals surface area contributed by atoms with Gasteiger partial charge < -0.3 is 4.57 Å². The predicted molar refractivity (Wildman–Crippen MR) is 69.0 cm³/mol. The Morgan fingerprint density at radius 3 is 2.83 bits per heavy atom. The van der Waals surface area contributed by atoms with E-state index in [2.05, 4.69) is 17.7 Å². The van der Waals surface area contributed by atoms with E-state index in [9.17, 15) is 0 Å². The molecule has 2 atom stereocenters. The van der Waals surface area contributed by atoms with E-state index in [4.69, 9.17) is 10.2 Å². The van der Waals surface area contributed by atoms with Gasteiger partial charge >= 0.3 is 0 Å². The molecule has 0 N–H and O–H groups in total. The summed E-state index contributed by atoms with van der Waals surface area (Å²) in [6, 6.07) is 7.98. The van der Waals surface area contributed by atoms with Crippen molar-refractivity contribution in [1.82, 2.24) is 9.55 Å². The van der Waals surface area contributed by atoms with Gasteiger partial charge in [-0.1, -0.05) is 6.42 Å². The third kappa shape index (κ3) is 1.21. The SMILES string of the molecule is Cn1c(C2C3CCCC32)nc2cc(C#N)ccc21. The fourth-order valence-electron chi connectivity index (χ4n) is 3.79. The minimum atomic E-state index is 0.682. The molecular weight excluding hydrogens is 222 g/mol. The van der Waals surface area contributed by atoms with Crippen molar-refractivity contribution in [3.8, 4) is 6.07 Å². The van der Waals surface area contributed by atoms with Crippen LogP contribution in [0.1, 0.15) is 36.6 Å². The molecule has 1 heterocycles. The average molecular weight is 237 g/mol. The summed E-state index contributed by atoms with van der Waals surface area (Å²) in [5, 5.41) is 8.94. The third-order valence-electron chi connectivity index (χ3n) is 4.75. The van der Waals surface area contributed by atoms with Crippen molar-refractivity contribution in [3.05, 3.63) is 29.6 Å². The molecule has 3 heteroatoms. The van der Waals surface area contributed by atoms with Crippen LogP contribution in [0, 0.1) is 23.2 Å². The molecule has 2 aliphatic rings. The summed E-state index contributed by atoms with van der Waals surface area (Å²) in [7, 11) is 2.10. The summed E-state index contributed by atoms with van der Waals surface area (Å²) in [5.74, 6) is 3.68. The maximum absolute atomic E-state index is 8.94. The fraction of sp³-hybridized carbons (Fsp3) is 0.467. The second kappa shape index (κ2) is 3.35.